The van der Waals surface area contributed by atoms with Crippen molar-refractivity contribution in [3.63, 3.8) is 0 Å². The maximum atomic E-state index is 13.2. The first-order chi connectivity index (χ1) is 13.1. The molecular weight excluding hydrogens is 345 g/mol. The minimum absolute atomic E-state index is 0.293. The molecule has 0 unspecified atom stereocenters. The van der Waals surface area contributed by atoms with Crippen molar-refractivity contribution >= 4 is 17.1 Å². The molecule has 0 spiro atoms. The van der Waals surface area contributed by atoms with Crippen LogP contribution in [0.25, 0.3) is 33.6 Å². The minimum atomic E-state index is -0.385. The van der Waals surface area contributed by atoms with E-state index in [4.69, 9.17) is 9.15 Å². The molecule has 27 heavy (non-hydrogen) atoms. The highest BCUT2D eigenvalue weighted by Gasteiger charge is 2.15. The summed E-state index contributed by atoms with van der Waals surface area (Å²) in [6.45, 7) is 1.95. The van der Waals surface area contributed by atoms with Crippen molar-refractivity contribution in [3.05, 3.63) is 77.7 Å². The molecule has 0 aliphatic rings. The average Bonchev–Trinajstić information content (AvgIpc) is 3.04. The predicted molar refractivity (Wildman–Crippen MR) is 101 cm³/mol. The first kappa shape index (κ1) is 17.0. The molecule has 0 saturated carbocycles. The number of hydrogen-bond donors (Lipinski definition) is 0. The molecule has 0 atom stereocenters. The number of esters is 1. The van der Waals surface area contributed by atoms with Crippen LogP contribution >= 0.6 is 0 Å². The number of carbonyl (C=O) groups is 1. The maximum absolute atomic E-state index is 13.2. The lowest BCUT2D eigenvalue weighted by Crippen LogP contribution is -2.00. The number of aromatic nitrogens is 1. The molecule has 4 rings (SSSR count). The second-order valence-corrected chi connectivity index (χ2v) is 6.21. The average molecular weight is 361 g/mol. The smallest absolute Gasteiger partial charge is 0.337 e. The Kier molecular flexibility index (Phi) is 4.20. The van der Waals surface area contributed by atoms with Crippen LogP contribution in [0.1, 0.15) is 15.9 Å². The van der Waals surface area contributed by atoms with Crippen molar-refractivity contribution < 1.29 is 18.3 Å². The summed E-state index contributed by atoms with van der Waals surface area (Å²) in [7, 11) is 1.36. The van der Waals surface area contributed by atoms with E-state index < -0.39 is 0 Å². The summed E-state index contributed by atoms with van der Waals surface area (Å²) in [5.74, 6) is -0.0136. The van der Waals surface area contributed by atoms with Gasteiger partial charge in [-0.25, -0.2) is 14.2 Å². The first-order valence-electron chi connectivity index (χ1n) is 8.40. The van der Waals surface area contributed by atoms with Crippen molar-refractivity contribution in [3.8, 4) is 22.5 Å². The Morgan fingerprint density at radius 2 is 1.81 bits per heavy atom. The highest BCUT2D eigenvalue weighted by atomic mass is 19.1. The Balaban J connectivity index is 1.80. The molecule has 4 nitrogen and oxygen atoms in total. The SMILES string of the molecule is COC(=O)c1cccc(-c2cnc3oc(-c4ccc(F)cc4)c(C)c3c2)c1. The van der Waals surface area contributed by atoms with E-state index >= 15 is 0 Å². The van der Waals surface area contributed by atoms with Crippen LogP contribution in [0, 0.1) is 12.7 Å². The number of nitrogens with zero attached hydrogens (tertiary/aromatic N) is 1. The van der Waals surface area contributed by atoms with Crippen molar-refractivity contribution in [2.75, 3.05) is 7.11 Å². The molecule has 0 saturated heterocycles. The third-order valence-corrected chi connectivity index (χ3v) is 4.52. The van der Waals surface area contributed by atoms with Crippen LogP contribution in [0.2, 0.25) is 0 Å². The largest absolute Gasteiger partial charge is 0.465 e. The lowest BCUT2D eigenvalue weighted by Gasteiger charge is -2.04. The fourth-order valence-electron chi connectivity index (χ4n) is 3.08. The van der Waals surface area contributed by atoms with Gasteiger partial charge in [0.15, 0.2) is 0 Å². The van der Waals surface area contributed by atoms with E-state index in [0.717, 1.165) is 27.6 Å². The van der Waals surface area contributed by atoms with Gasteiger partial charge >= 0.3 is 5.97 Å². The number of furan rings is 1. The van der Waals surface area contributed by atoms with Gasteiger partial charge in [-0.2, -0.15) is 0 Å². The Morgan fingerprint density at radius 1 is 1.04 bits per heavy atom. The topological polar surface area (TPSA) is 52.3 Å². The maximum Gasteiger partial charge on any atom is 0.337 e. The Labute approximate surface area is 155 Å². The number of rotatable bonds is 3. The zero-order chi connectivity index (χ0) is 19.0. The van der Waals surface area contributed by atoms with E-state index in [9.17, 15) is 9.18 Å². The number of hydrogen-bond acceptors (Lipinski definition) is 4. The highest BCUT2D eigenvalue weighted by Crippen LogP contribution is 2.34. The van der Waals surface area contributed by atoms with Crippen LogP contribution in [0.3, 0.4) is 0 Å². The summed E-state index contributed by atoms with van der Waals surface area (Å²) in [4.78, 5) is 16.2. The van der Waals surface area contributed by atoms with Gasteiger partial charge in [0.2, 0.25) is 5.71 Å². The van der Waals surface area contributed by atoms with Gasteiger partial charge in [-0.3, -0.25) is 0 Å². The molecule has 4 aromatic rings. The minimum Gasteiger partial charge on any atom is -0.465 e. The monoisotopic (exact) mass is 361 g/mol. The summed E-state index contributed by atoms with van der Waals surface area (Å²) < 4.78 is 23.9. The van der Waals surface area contributed by atoms with E-state index in [1.807, 2.05) is 19.1 Å². The molecular formula is C22H16FNO3. The number of pyridine rings is 1. The molecule has 2 heterocycles. The van der Waals surface area contributed by atoms with Gasteiger partial charge in [0.25, 0.3) is 0 Å². The molecule has 5 heteroatoms. The van der Waals surface area contributed by atoms with Gasteiger partial charge in [-0.05, 0) is 55.0 Å². The summed E-state index contributed by atoms with van der Waals surface area (Å²) >= 11 is 0. The number of ether oxygens (including phenoxy) is 1. The standard InChI is InChI=1S/C22H16FNO3/c1-13-19-11-17(15-4-3-5-16(10-15)22(25)26-2)12-24-21(19)27-20(13)14-6-8-18(23)9-7-14/h3-12H,1-2H3. The van der Waals surface area contributed by atoms with Gasteiger partial charge in [0.1, 0.15) is 11.6 Å². The zero-order valence-corrected chi connectivity index (χ0v) is 14.8. The molecule has 0 radical (unpaired) electrons. The quantitative estimate of drug-likeness (QED) is 0.459. The lowest BCUT2D eigenvalue weighted by atomic mass is 10.0. The summed E-state index contributed by atoms with van der Waals surface area (Å²) in [6, 6.07) is 15.3. The lowest BCUT2D eigenvalue weighted by molar-refractivity contribution is 0.0601. The first-order valence-corrected chi connectivity index (χ1v) is 8.40. The summed E-state index contributed by atoms with van der Waals surface area (Å²) in [5.41, 5.74) is 4.43. The van der Waals surface area contributed by atoms with Crippen molar-refractivity contribution in [2.24, 2.45) is 0 Å². The van der Waals surface area contributed by atoms with Crippen molar-refractivity contribution in [1.29, 1.82) is 0 Å². The van der Waals surface area contributed by atoms with E-state index in [1.165, 1.54) is 19.2 Å². The molecule has 0 N–H and O–H groups in total. The number of aryl methyl sites for hydroxylation is 1. The summed E-state index contributed by atoms with van der Waals surface area (Å²) in [5, 5.41) is 0.871. The number of methoxy groups -OCH3 is 1. The number of benzene rings is 2. The molecule has 0 amide bonds. The van der Waals surface area contributed by atoms with Crippen LogP contribution in [-0.4, -0.2) is 18.1 Å². The molecule has 2 aromatic carbocycles. The van der Waals surface area contributed by atoms with Gasteiger partial charge < -0.3 is 9.15 Å². The number of halogens is 1. The Bertz CT molecular complexity index is 1150. The van der Waals surface area contributed by atoms with Crippen molar-refractivity contribution in [2.45, 2.75) is 6.92 Å². The zero-order valence-electron chi connectivity index (χ0n) is 14.8. The van der Waals surface area contributed by atoms with Crippen LogP contribution in [-0.2, 0) is 4.74 Å². The molecule has 134 valence electrons. The Morgan fingerprint density at radius 3 is 2.56 bits per heavy atom. The van der Waals surface area contributed by atoms with E-state index in [2.05, 4.69) is 4.98 Å². The second-order valence-electron chi connectivity index (χ2n) is 6.21. The second kappa shape index (κ2) is 6.68. The van der Waals surface area contributed by atoms with Crippen LogP contribution in [0.5, 0.6) is 0 Å². The molecule has 2 aromatic heterocycles. The van der Waals surface area contributed by atoms with Gasteiger partial charge in [0.05, 0.1) is 12.7 Å². The molecule has 0 fully saturated rings. The molecule has 0 bridgehead atoms. The van der Waals surface area contributed by atoms with E-state index in [1.54, 1.807) is 36.5 Å². The number of carbonyl (C=O) groups excluding carboxylic acids is 1. The fraction of sp³-hybridized carbons (Fsp3) is 0.0909. The Hall–Kier alpha value is -3.47. The van der Waals surface area contributed by atoms with E-state index in [-0.39, 0.29) is 11.8 Å². The summed E-state index contributed by atoms with van der Waals surface area (Å²) in [6.07, 6.45) is 1.70. The fourth-order valence-corrected chi connectivity index (χ4v) is 3.08. The van der Waals surface area contributed by atoms with Crippen LogP contribution < -0.4 is 0 Å². The van der Waals surface area contributed by atoms with Gasteiger partial charge in [-0.15, -0.1) is 0 Å². The number of fused-ring (bicyclic) bond motifs is 1. The highest BCUT2D eigenvalue weighted by molar-refractivity contribution is 5.92. The predicted octanol–water partition coefficient (Wildman–Crippen LogP) is 5.40. The van der Waals surface area contributed by atoms with Gasteiger partial charge in [-0.1, -0.05) is 12.1 Å². The van der Waals surface area contributed by atoms with E-state index in [0.29, 0.717) is 17.0 Å². The normalized spacial score (nSPS) is 10.9. The van der Waals surface area contributed by atoms with Crippen molar-refractivity contribution in [1.82, 2.24) is 4.98 Å². The third kappa shape index (κ3) is 3.08. The van der Waals surface area contributed by atoms with Gasteiger partial charge in [0, 0.05) is 28.3 Å². The third-order valence-electron chi connectivity index (χ3n) is 4.52. The molecule has 0 aliphatic carbocycles. The van der Waals surface area contributed by atoms with Crippen LogP contribution in [0.4, 0.5) is 4.39 Å². The van der Waals surface area contributed by atoms with Crippen LogP contribution in [0.15, 0.2) is 65.2 Å². The molecule has 0 aliphatic heterocycles.